The zero-order valence-electron chi connectivity index (χ0n) is 15.1. The molecule has 0 N–H and O–H groups in total. The molecule has 0 aliphatic rings. The molecule has 1 heterocycles. The van der Waals surface area contributed by atoms with E-state index in [4.69, 9.17) is 4.74 Å². The van der Waals surface area contributed by atoms with E-state index in [9.17, 15) is 4.79 Å². The number of aryl methyl sites for hydroxylation is 1. The second kappa shape index (κ2) is 8.80. The van der Waals surface area contributed by atoms with Crippen LogP contribution in [0, 0.1) is 0 Å². The number of benzene rings is 2. The summed E-state index contributed by atoms with van der Waals surface area (Å²) in [6.07, 6.45) is 4.31. The minimum atomic E-state index is -0.170. The zero-order chi connectivity index (χ0) is 19.4. The molecule has 0 aliphatic carbocycles. The van der Waals surface area contributed by atoms with Crippen LogP contribution in [0.25, 0.3) is 10.9 Å². The summed E-state index contributed by atoms with van der Waals surface area (Å²) in [5.41, 5.74) is 1.37. The number of aromatic nitrogens is 2. The van der Waals surface area contributed by atoms with Crippen molar-refractivity contribution in [2.75, 3.05) is 7.11 Å². The monoisotopic (exact) mass is 491 g/mol. The summed E-state index contributed by atoms with van der Waals surface area (Å²) in [5.74, 6) is 1.41. The van der Waals surface area contributed by atoms with Crippen LogP contribution in [0.2, 0.25) is 0 Å². The van der Waals surface area contributed by atoms with Crippen LogP contribution in [0.15, 0.2) is 55.2 Å². The van der Waals surface area contributed by atoms with Crippen molar-refractivity contribution in [2.24, 2.45) is 5.10 Å². The quantitative estimate of drug-likeness (QED) is 0.447. The van der Waals surface area contributed by atoms with Gasteiger partial charge in [-0.1, -0.05) is 29.3 Å². The van der Waals surface area contributed by atoms with Gasteiger partial charge in [-0.25, -0.2) is 4.98 Å². The molecule has 5 nitrogen and oxygen atoms in total. The Hall–Kier alpha value is -1.99. The molecule has 1 aromatic heterocycles. The molecule has 140 valence electrons. The number of halogens is 2. The Balaban J connectivity index is 2.09. The Kier molecular flexibility index (Phi) is 6.44. The van der Waals surface area contributed by atoms with Crippen LogP contribution in [0.1, 0.15) is 31.2 Å². The number of unbranched alkanes of at least 4 members (excludes halogenated alkanes) is 1. The summed E-state index contributed by atoms with van der Waals surface area (Å²) in [6.45, 7) is 2.11. The first-order chi connectivity index (χ1) is 13.0. The summed E-state index contributed by atoms with van der Waals surface area (Å²) in [4.78, 5) is 17.7. The number of rotatable bonds is 6. The number of methoxy groups -OCH3 is 1. The molecular weight excluding hydrogens is 474 g/mol. The highest BCUT2D eigenvalue weighted by Gasteiger charge is 2.11. The molecule has 0 fully saturated rings. The summed E-state index contributed by atoms with van der Waals surface area (Å²) >= 11 is 6.88. The highest BCUT2D eigenvalue weighted by atomic mass is 79.9. The van der Waals surface area contributed by atoms with Crippen LogP contribution in [0.4, 0.5) is 0 Å². The van der Waals surface area contributed by atoms with Gasteiger partial charge in [-0.05, 0) is 64.3 Å². The molecule has 2 aromatic carbocycles. The van der Waals surface area contributed by atoms with Gasteiger partial charge in [-0.3, -0.25) is 4.79 Å². The first kappa shape index (κ1) is 19.8. The van der Waals surface area contributed by atoms with Crippen LogP contribution in [-0.4, -0.2) is 23.0 Å². The molecule has 0 amide bonds. The maximum atomic E-state index is 13.0. The van der Waals surface area contributed by atoms with E-state index in [0.29, 0.717) is 23.1 Å². The highest BCUT2D eigenvalue weighted by molar-refractivity contribution is 9.10. The maximum absolute atomic E-state index is 13.0. The lowest BCUT2D eigenvalue weighted by Crippen LogP contribution is -2.22. The molecule has 0 unspecified atom stereocenters. The number of nitrogens with zero attached hydrogens (tertiary/aromatic N) is 3. The fraction of sp³-hybridized carbons (Fsp3) is 0.250. The molecule has 3 rings (SSSR count). The highest BCUT2D eigenvalue weighted by Crippen LogP contribution is 2.25. The molecule has 0 spiro atoms. The molecular formula is C20H19Br2N3O2. The Morgan fingerprint density at radius 3 is 2.74 bits per heavy atom. The van der Waals surface area contributed by atoms with Gasteiger partial charge in [-0.15, -0.1) is 0 Å². The van der Waals surface area contributed by atoms with Gasteiger partial charge in [0.2, 0.25) is 0 Å². The van der Waals surface area contributed by atoms with E-state index >= 15 is 0 Å². The topological polar surface area (TPSA) is 56.5 Å². The second-order valence-corrected chi connectivity index (χ2v) is 7.82. The first-order valence-electron chi connectivity index (χ1n) is 8.62. The minimum Gasteiger partial charge on any atom is -0.496 e. The van der Waals surface area contributed by atoms with Crippen LogP contribution < -0.4 is 10.3 Å². The average molecular weight is 493 g/mol. The van der Waals surface area contributed by atoms with E-state index in [2.05, 4.69) is 48.9 Å². The van der Waals surface area contributed by atoms with Crippen molar-refractivity contribution in [3.05, 3.63) is 67.1 Å². The third-order valence-electron chi connectivity index (χ3n) is 4.13. The Morgan fingerprint density at radius 1 is 1.22 bits per heavy atom. The van der Waals surface area contributed by atoms with Crippen molar-refractivity contribution >= 4 is 49.0 Å². The van der Waals surface area contributed by atoms with E-state index in [0.717, 1.165) is 33.1 Å². The number of ether oxygens (including phenoxy) is 1. The van der Waals surface area contributed by atoms with Crippen LogP contribution in [0.3, 0.4) is 0 Å². The van der Waals surface area contributed by atoms with Gasteiger partial charge in [0.05, 0.1) is 28.7 Å². The standard InChI is InChI=1S/C20H19Br2N3O2/c1-3-4-5-19-24-17-8-7-14(21)11-15(17)20(26)25(19)23-12-13-6-9-18(27-2)16(22)10-13/h6-12H,3-5H2,1-2H3. The van der Waals surface area contributed by atoms with Gasteiger partial charge in [0.25, 0.3) is 5.56 Å². The lowest BCUT2D eigenvalue weighted by molar-refractivity contribution is 0.412. The molecule has 0 bridgehead atoms. The normalized spacial score (nSPS) is 11.4. The molecule has 7 heteroatoms. The van der Waals surface area contributed by atoms with Crippen molar-refractivity contribution in [3.8, 4) is 5.75 Å². The SMILES string of the molecule is CCCCc1nc2ccc(Br)cc2c(=O)n1N=Cc1ccc(OC)c(Br)c1. The fourth-order valence-corrected chi connectivity index (χ4v) is 3.62. The summed E-state index contributed by atoms with van der Waals surface area (Å²) in [7, 11) is 1.62. The number of hydrogen-bond acceptors (Lipinski definition) is 4. The Morgan fingerprint density at radius 2 is 2.04 bits per heavy atom. The smallest absolute Gasteiger partial charge is 0.282 e. The third-order valence-corrected chi connectivity index (χ3v) is 5.24. The molecule has 27 heavy (non-hydrogen) atoms. The molecule has 3 aromatic rings. The van der Waals surface area contributed by atoms with Crippen molar-refractivity contribution in [1.29, 1.82) is 0 Å². The molecule has 0 aliphatic heterocycles. The largest absolute Gasteiger partial charge is 0.496 e. The van der Waals surface area contributed by atoms with Gasteiger partial charge in [0, 0.05) is 10.9 Å². The maximum Gasteiger partial charge on any atom is 0.282 e. The van der Waals surface area contributed by atoms with E-state index in [1.165, 1.54) is 4.68 Å². The van der Waals surface area contributed by atoms with Gasteiger partial charge in [0.1, 0.15) is 11.6 Å². The van der Waals surface area contributed by atoms with Crippen LogP contribution in [-0.2, 0) is 6.42 Å². The van der Waals surface area contributed by atoms with Gasteiger partial charge >= 0.3 is 0 Å². The summed E-state index contributed by atoms with van der Waals surface area (Å²) < 4.78 is 8.31. The fourth-order valence-electron chi connectivity index (χ4n) is 2.70. The summed E-state index contributed by atoms with van der Waals surface area (Å²) in [5, 5.41) is 4.98. The Labute approximate surface area is 174 Å². The van der Waals surface area contributed by atoms with E-state index < -0.39 is 0 Å². The Bertz CT molecular complexity index is 1060. The molecule has 0 saturated carbocycles. The van der Waals surface area contributed by atoms with Crippen LogP contribution >= 0.6 is 31.9 Å². The first-order valence-corrected chi connectivity index (χ1v) is 10.2. The predicted molar refractivity (Wildman–Crippen MR) is 116 cm³/mol. The van der Waals surface area contributed by atoms with Gasteiger partial charge in [-0.2, -0.15) is 9.78 Å². The minimum absolute atomic E-state index is 0.170. The second-order valence-electron chi connectivity index (χ2n) is 6.05. The van der Waals surface area contributed by atoms with Gasteiger partial charge in [0.15, 0.2) is 0 Å². The predicted octanol–water partition coefficient (Wildman–Crippen LogP) is 5.15. The summed E-state index contributed by atoms with van der Waals surface area (Å²) in [6, 6.07) is 11.1. The average Bonchev–Trinajstić information content (AvgIpc) is 2.66. The number of fused-ring (bicyclic) bond motifs is 1. The van der Waals surface area contributed by atoms with Crippen molar-refractivity contribution in [2.45, 2.75) is 26.2 Å². The molecule has 0 atom stereocenters. The molecule has 0 saturated heterocycles. The number of hydrogen-bond donors (Lipinski definition) is 0. The van der Waals surface area contributed by atoms with E-state index in [-0.39, 0.29) is 5.56 Å². The lowest BCUT2D eigenvalue weighted by Gasteiger charge is -2.09. The van der Waals surface area contributed by atoms with Crippen molar-refractivity contribution in [1.82, 2.24) is 9.66 Å². The lowest BCUT2D eigenvalue weighted by atomic mass is 10.2. The molecule has 0 radical (unpaired) electrons. The van der Waals surface area contributed by atoms with Crippen molar-refractivity contribution < 1.29 is 4.74 Å². The zero-order valence-corrected chi connectivity index (χ0v) is 18.2. The van der Waals surface area contributed by atoms with Crippen LogP contribution in [0.5, 0.6) is 5.75 Å². The van der Waals surface area contributed by atoms with E-state index in [1.807, 2.05) is 30.3 Å². The van der Waals surface area contributed by atoms with Crippen molar-refractivity contribution in [3.63, 3.8) is 0 Å². The van der Waals surface area contributed by atoms with E-state index in [1.54, 1.807) is 19.4 Å². The third kappa shape index (κ3) is 4.47. The van der Waals surface area contributed by atoms with Gasteiger partial charge < -0.3 is 4.74 Å².